The SMILES string of the molecule is Cc1ccc(C(CNC(=O)[C@@]23CCCC[C@H]2CNC3)N2CCOCC2)o1. The van der Waals surface area contributed by atoms with E-state index in [1.807, 2.05) is 19.1 Å². The molecule has 3 fully saturated rings. The Morgan fingerprint density at radius 1 is 1.38 bits per heavy atom. The molecule has 0 spiro atoms. The van der Waals surface area contributed by atoms with Crippen molar-refractivity contribution in [2.24, 2.45) is 11.3 Å². The van der Waals surface area contributed by atoms with Crippen molar-refractivity contribution in [2.45, 2.75) is 38.6 Å². The van der Waals surface area contributed by atoms with Gasteiger partial charge in [-0.15, -0.1) is 0 Å². The minimum atomic E-state index is -0.201. The predicted molar refractivity (Wildman–Crippen MR) is 98.8 cm³/mol. The van der Waals surface area contributed by atoms with E-state index in [1.165, 1.54) is 12.8 Å². The summed E-state index contributed by atoms with van der Waals surface area (Å²) in [4.78, 5) is 15.6. The zero-order valence-corrected chi connectivity index (χ0v) is 15.8. The van der Waals surface area contributed by atoms with Crippen LogP contribution < -0.4 is 10.6 Å². The molecule has 1 aromatic rings. The summed E-state index contributed by atoms with van der Waals surface area (Å²) in [6.07, 6.45) is 4.60. The largest absolute Gasteiger partial charge is 0.465 e. The first-order valence-corrected chi connectivity index (χ1v) is 10.1. The number of carbonyl (C=O) groups is 1. The van der Waals surface area contributed by atoms with Crippen molar-refractivity contribution in [3.63, 3.8) is 0 Å². The molecule has 3 aliphatic rings. The van der Waals surface area contributed by atoms with Crippen molar-refractivity contribution < 1.29 is 13.9 Å². The molecule has 2 N–H and O–H groups in total. The lowest BCUT2D eigenvalue weighted by atomic mass is 9.67. The molecule has 1 aromatic heterocycles. The molecule has 1 saturated carbocycles. The Kier molecular flexibility index (Phi) is 5.34. The lowest BCUT2D eigenvalue weighted by Crippen LogP contribution is -2.50. The van der Waals surface area contributed by atoms with E-state index < -0.39 is 0 Å². The molecule has 2 saturated heterocycles. The van der Waals surface area contributed by atoms with E-state index in [-0.39, 0.29) is 17.4 Å². The lowest BCUT2D eigenvalue weighted by Gasteiger charge is -2.38. The van der Waals surface area contributed by atoms with Crippen LogP contribution in [-0.4, -0.2) is 56.7 Å². The summed E-state index contributed by atoms with van der Waals surface area (Å²) < 4.78 is 11.4. The molecular weight excluding hydrogens is 330 g/mol. The van der Waals surface area contributed by atoms with Gasteiger partial charge in [-0.3, -0.25) is 9.69 Å². The number of amides is 1. The standard InChI is InChI=1S/C20H31N3O3/c1-15-5-6-18(26-15)17(23-8-10-25-11-9-23)13-22-19(24)20-7-3-2-4-16(20)12-21-14-20/h5-6,16-17,21H,2-4,7-14H2,1H3,(H,22,24)/t16-,17?,20+/m0/s1. The highest BCUT2D eigenvalue weighted by atomic mass is 16.5. The maximum atomic E-state index is 13.2. The summed E-state index contributed by atoms with van der Waals surface area (Å²) in [5.41, 5.74) is -0.201. The van der Waals surface area contributed by atoms with E-state index in [9.17, 15) is 4.79 Å². The zero-order valence-electron chi connectivity index (χ0n) is 15.8. The first-order chi connectivity index (χ1) is 12.7. The molecule has 2 aliphatic heterocycles. The van der Waals surface area contributed by atoms with Crippen molar-refractivity contribution in [1.29, 1.82) is 0 Å². The van der Waals surface area contributed by atoms with Crippen LogP contribution in [0.3, 0.4) is 0 Å². The van der Waals surface area contributed by atoms with Crippen LogP contribution in [0.4, 0.5) is 0 Å². The molecule has 3 atom stereocenters. The third-order valence-electron chi connectivity index (χ3n) is 6.52. The van der Waals surface area contributed by atoms with E-state index in [0.29, 0.717) is 12.5 Å². The van der Waals surface area contributed by atoms with Gasteiger partial charge in [0.2, 0.25) is 5.91 Å². The predicted octanol–water partition coefficient (Wildman–Crippen LogP) is 1.86. The number of nitrogens with one attached hydrogen (secondary N) is 2. The van der Waals surface area contributed by atoms with E-state index >= 15 is 0 Å². The summed E-state index contributed by atoms with van der Waals surface area (Å²) in [5.74, 6) is 2.57. The number of morpholine rings is 1. The number of carbonyl (C=O) groups excluding carboxylic acids is 1. The Labute approximate surface area is 155 Å². The van der Waals surface area contributed by atoms with Gasteiger partial charge in [0.25, 0.3) is 0 Å². The van der Waals surface area contributed by atoms with Crippen LogP contribution in [-0.2, 0) is 9.53 Å². The maximum Gasteiger partial charge on any atom is 0.227 e. The van der Waals surface area contributed by atoms with Crippen LogP contribution in [0.1, 0.15) is 43.2 Å². The second-order valence-corrected chi connectivity index (χ2v) is 8.05. The third-order valence-corrected chi connectivity index (χ3v) is 6.52. The van der Waals surface area contributed by atoms with Gasteiger partial charge in [0.05, 0.1) is 24.7 Å². The number of fused-ring (bicyclic) bond motifs is 1. The lowest BCUT2D eigenvalue weighted by molar-refractivity contribution is -0.134. The molecule has 0 aromatic carbocycles. The minimum Gasteiger partial charge on any atom is -0.465 e. The van der Waals surface area contributed by atoms with Gasteiger partial charge < -0.3 is 19.8 Å². The smallest absolute Gasteiger partial charge is 0.227 e. The first kappa shape index (κ1) is 18.0. The van der Waals surface area contributed by atoms with Gasteiger partial charge in [-0.1, -0.05) is 12.8 Å². The number of hydrogen-bond acceptors (Lipinski definition) is 5. The Hall–Kier alpha value is -1.37. The molecule has 6 heteroatoms. The summed E-state index contributed by atoms with van der Waals surface area (Å²) in [5, 5.41) is 6.76. The maximum absolute atomic E-state index is 13.2. The molecule has 144 valence electrons. The molecule has 1 aliphatic carbocycles. The van der Waals surface area contributed by atoms with Crippen LogP contribution in [0.2, 0.25) is 0 Å². The molecule has 1 amide bonds. The van der Waals surface area contributed by atoms with Gasteiger partial charge in [0.15, 0.2) is 0 Å². The second-order valence-electron chi connectivity index (χ2n) is 8.05. The fourth-order valence-electron chi connectivity index (χ4n) is 4.99. The minimum absolute atomic E-state index is 0.0735. The van der Waals surface area contributed by atoms with Crippen molar-refractivity contribution in [2.75, 3.05) is 45.9 Å². The van der Waals surface area contributed by atoms with Crippen molar-refractivity contribution in [1.82, 2.24) is 15.5 Å². The van der Waals surface area contributed by atoms with Crippen LogP contribution in [0.5, 0.6) is 0 Å². The van der Waals surface area contributed by atoms with Crippen molar-refractivity contribution >= 4 is 5.91 Å². The highest BCUT2D eigenvalue weighted by Gasteiger charge is 2.49. The average molecular weight is 361 g/mol. The first-order valence-electron chi connectivity index (χ1n) is 10.1. The second kappa shape index (κ2) is 7.71. The molecule has 26 heavy (non-hydrogen) atoms. The van der Waals surface area contributed by atoms with Crippen LogP contribution >= 0.6 is 0 Å². The average Bonchev–Trinajstić information content (AvgIpc) is 3.29. The number of hydrogen-bond donors (Lipinski definition) is 2. The molecule has 1 unspecified atom stereocenters. The van der Waals surface area contributed by atoms with E-state index in [1.54, 1.807) is 0 Å². The fraction of sp³-hybridized carbons (Fsp3) is 0.750. The summed E-state index contributed by atoms with van der Waals surface area (Å²) in [6.45, 7) is 7.59. The Morgan fingerprint density at radius 3 is 3.00 bits per heavy atom. The van der Waals surface area contributed by atoms with Gasteiger partial charge in [0.1, 0.15) is 11.5 Å². The molecule has 4 rings (SSSR count). The van der Waals surface area contributed by atoms with Crippen molar-refractivity contribution in [3.8, 4) is 0 Å². The van der Waals surface area contributed by atoms with Gasteiger partial charge in [-0.05, 0) is 44.4 Å². The molecule has 0 bridgehead atoms. The normalized spacial score (nSPS) is 30.7. The topological polar surface area (TPSA) is 66.7 Å². The molecule has 3 heterocycles. The summed E-state index contributed by atoms with van der Waals surface area (Å²) in [6, 6.07) is 4.12. The summed E-state index contributed by atoms with van der Waals surface area (Å²) >= 11 is 0. The van der Waals surface area contributed by atoms with Gasteiger partial charge in [0, 0.05) is 26.2 Å². The fourth-order valence-corrected chi connectivity index (χ4v) is 4.99. The Balaban J connectivity index is 1.46. The number of ether oxygens (including phenoxy) is 1. The van der Waals surface area contributed by atoms with Gasteiger partial charge in [-0.25, -0.2) is 0 Å². The molecule has 6 nitrogen and oxygen atoms in total. The monoisotopic (exact) mass is 361 g/mol. The van der Waals surface area contributed by atoms with E-state index in [2.05, 4.69) is 15.5 Å². The quantitative estimate of drug-likeness (QED) is 0.838. The van der Waals surface area contributed by atoms with Gasteiger partial charge >= 0.3 is 0 Å². The molecular formula is C20H31N3O3. The number of nitrogens with zero attached hydrogens (tertiary/aromatic N) is 1. The highest BCUT2D eigenvalue weighted by molar-refractivity contribution is 5.84. The highest BCUT2D eigenvalue weighted by Crippen LogP contribution is 2.44. The summed E-state index contributed by atoms with van der Waals surface area (Å²) in [7, 11) is 0. The Bertz CT molecular complexity index is 626. The van der Waals surface area contributed by atoms with E-state index in [0.717, 1.165) is 63.8 Å². The van der Waals surface area contributed by atoms with E-state index in [4.69, 9.17) is 9.15 Å². The third kappa shape index (κ3) is 3.42. The number of furan rings is 1. The molecule has 0 radical (unpaired) electrons. The number of aryl methyl sites for hydroxylation is 1. The van der Waals surface area contributed by atoms with Gasteiger partial charge in [-0.2, -0.15) is 0 Å². The Morgan fingerprint density at radius 2 is 2.23 bits per heavy atom. The van der Waals surface area contributed by atoms with Crippen LogP contribution in [0.15, 0.2) is 16.5 Å². The van der Waals surface area contributed by atoms with Crippen molar-refractivity contribution in [3.05, 3.63) is 23.7 Å². The van der Waals surface area contributed by atoms with Crippen LogP contribution in [0.25, 0.3) is 0 Å². The zero-order chi connectivity index (χ0) is 18.0. The van der Waals surface area contributed by atoms with Crippen LogP contribution in [0, 0.1) is 18.3 Å². The number of rotatable bonds is 5.